The third-order valence-electron chi connectivity index (χ3n) is 2.95. The average molecular weight is 179 g/mol. The minimum Gasteiger partial charge on any atom is -0.321 e. The van der Waals surface area contributed by atoms with E-state index in [1.807, 2.05) is 10.9 Å². The molecule has 2 rings (SSSR count). The SMILES string of the molecule is CC(C)n1cc(C2(N)CCC2)cn1. The van der Waals surface area contributed by atoms with Crippen LogP contribution in [0.15, 0.2) is 12.4 Å². The molecule has 0 amide bonds. The Morgan fingerprint density at radius 2 is 2.23 bits per heavy atom. The molecule has 0 atom stereocenters. The zero-order chi connectivity index (χ0) is 9.47. The zero-order valence-electron chi connectivity index (χ0n) is 8.33. The van der Waals surface area contributed by atoms with Crippen LogP contribution in [0.2, 0.25) is 0 Å². The summed E-state index contributed by atoms with van der Waals surface area (Å²) in [5.41, 5.74) is 7.32. The number of hydrogen-bond acceptors (Lipinski definition) is 2. The molecular formula is C10H17N3. The third kappa shape index (κ3) is 1.37. The van der Waals surface area contributed by atoms with Gasteiger partial charge in [0, 0.05) is 23.3 Å². The Hall–Kier alpha value is -0.830. The highest BCUT2D eigenvalue weighted by atomic mass is 15.3. The van der Waals surface area contributed by atoms with E-state index in [4.69, 9.17) is 5.73 Å². The van der Waals surface area contributed by atoms with Crippen LogP contribution in [0.25, 0.3) is 0 Å². The zero-order valence-corrected chi connectivity index (χ0v) is 8.33. The maximum absolute atomic E-state index is 6.18. The van der Waals surface area contributed by atoms with Crippen molar-refractivity contribution >= 4 is 0 Å². The number of nitrogens with zero attached hydrogens (tertiary/aromatic N) is 2. The van der Waals surface area contributed by atoms with Crippen LogP contribution in [0.3, 0.4) is 0 Å². The van der Waals surface area contributed by atoms with Gasteiger partial charge in [0.1, 0.15) is 0 Å². The van der Waals surface area contributed by atoms with E-state index >= 15 is 0 Å². The van der Waals surface area contributed by atoms with Gasteiger partial charge in [0.2, 0.25) is 0 Å². The van der Waals surface area contributed by atoms with Crippen molar-refractivity contribution in [3.05, 3.63) is 18.0 Å². The Bertz CT molecular complexity index is 297. The second kappa shape index (κ2) is 2.84. The largest absolute Gasteiger partial charge is 0.321 e. The molecule has 1 aliphatic carbocycles. The highest BCUT2D eigenvalue weighted by Crippen LogP contribution is 2.38. The first-order chi connectivity index (χ1) is 6.12. The number of rotatable bonds is 2. The van der Waals surface area contributed by atoms with Crippen LogP contribution in [0, 0.1) is 0 Å². The highest BCUT2D eigenvalue weighted by molar-refractivity contribution is 5.20. The van der Waals surface area contributed by atoms with Crippen molar-refractivity contribution in [2.45, 2.75) is 44.7 Å². The fourth-order valence-corrected chi connectivity index (χ4v) is 1.72. The van der Waals surface area contributed by atoms with Crippen LogP contribution >= 0.6 is 0 Å². The van der Waals surface area contributed by atoms with Gasteiger partial charge >= 0.3 is 0 Å². The van der Waals surface area contributed by atoms with E-state index in [-0.39, 0.29) is 5.54 Å². The van der Waals surface area contributed by atoms with Crippen molar-refractivity contribution in [3.8, 4) is 0 Å². The second-order valence-electron chi connectivity index (χ2n) is 4.31. The molecule has 0 saturated heterocycles. The van der Waals surface area contributed by atoms with Gasteiger partial charge in [-0.1, -0.05) is 0 Å². The fraction of sp³-hybridized carbons (Fsp3) is 0.700. The maximum Gasteiger partial charge on any atom is 0.0540 e. The molecule has 2 N–H and O–H groups in total. The molecule has 0 unspecified atom stereocenters. The first-order valence-corrected chi connectivity index (χ1v) is 4.95. The average Bonchev–Trinajstić information content (AvgIpc) is 2.48. The van der Waals surface area contributed by atoms with Crippen LogP contribution in [-0.2, 0) is 5.54 Å². The number of aromatic nitrogens is 2. The molecule has 1 aromatic rings. The van der Waals surface area contributed by atoms with Crippen molar-refractivity contribution in [1.82, 2.24) is 9.78 Å². The van der Waals surface area contributed by atoms with Crippen molar-refractivity contribution < 1.29 is 0 Å². The first kappa shape index (κ1) is 8.75. The van der Waals surface area contributed by atoms with Crippen molar-refractivity contribution in [1.29, 1.82) is 0 Å². The normalized spacial score (nSPS) is 20.3. The monoisotopic (exact) mass is 179 g/mol. The summed E-state index contributed by atoms with van der Waals surface area (Å²) in [6.07, 6.45) is 7.47. The lowest BCUT2D eigenvalue weighted by atomic mass is 9.74. The molecule has 0 bridgehead atoms. The van der Waals surface area contributed by atoms with Gasteiger partial charge in [0.15, 0.2) is 0 Å². The molecule has 0 radical (unpaired) electrons. The number of hydrogen-bond donors (Lipinski definition) is 1. The van der Waals surface area contributed by atoms with Gasteiger partial charge < -0.3 is 5.73 Å². The topological polar surface area (TPSA) is 43.8 Å². The molecule has 0 aromatic carbocycles. The Morgan fingerprint density at radius 1 is 1.54 bits per heavy atom. The van der Waals surface area contributed by atoms with Gasteiger partial charge in [-0.15, -0.1) is 0 Å². The highest BCUT2D eigenvalue weighted by Gasteiger charge is 2.35. The summed E-state index contributed by atoms with van der Waals surface area (Å²) in [4.78, 5) is 0. The van der Waals surface area contributed by atoms with E-state index in [0.717, 1.165) is 12.8 Å². The van der Waals surface area contributed by atoms with E-state index in [1.54, 1.807) is 0 Å². The molecule has 13 heavy (non-hydrogen) atoms. The summed E-state index contributed by atoms with van der Waals surface area (Å²) in [6, 6.07) is 0.428. The van der Waals surface area contributed by atoms with Crippen LogP contribution in [0.4, 0.5) is 0 Å². The summed E-state index contributed by atoms with van der Waals surface area (Å²) >= 11 is 0. The van der Waals surface area contributed by atoms with Crippen molar-refractivity contribution in [2.24, 2.45) is 5.73 Å². The van der Waals surface area contributed by atoms with Crippen LogP contribution in [0.1, 0.15) is 44.7 Å². The van der Waals surface area contributed by atoms with Crippen LogP contribution < -0.4 is 5.73 Å². The lowest BCUT2D eigenvalue weighted by Gasteiger charge is -2.37. The fourth-order valence-electron chi connectivity index (χ4n) is 1.72. The molecule has 0 aliphatic heterocycles. The maximum atomic E-state index is 6.18. The minimum absolute atomic E-state index is 0.0624. The molecule has 1 saturated carbocycles. The molecule has 1 fully saturated rings. The summed E-state index contributed by atoms with van der Waals surface area (Å²) < 4.78 is 1.97. The number of nitrogens with two attached hydrogens (primary N) is 1. The Labute approximate surface area is 78.9 Å². The molecular weight excluding hydrogens is 162 g/mol. The van der Waals surface area contributed by atoms with E-state index in [0.29, 0.717) is 6.04 Å². The van der Waals surface area contributed by atoms with Gasteiger partial charge in [0.05, 0.1) is 6.20 Å². The van der Waals surface area contributed by atoms with Gasteiger partial charge in [-0.05, 0) is 33.1 Å². The summed E-state index contributed by atoms with van der Waals surface area (Å²) in [7, 11) is 0. The Balaban J connectivity index is 2.22. The van der Waals surface area contributed by atoms with Crippen LogP contribution in [-0.4, -0.2) is 9.78 Å². The second-order valence-corrected chi connectivity index (χ2v) is 4.31. The summed E-state index contributed by atoms with van der Waals surface area (Å²) in [5.74, 6) is 0. The molecule has 3 nitrogen and oxygen atoms in total. The van der Waals surface area contributed by atoms with E-state index in [2.05, 4.69) is 25.1 Å². The van der Waals surface area contributed by atoms with E-state index in [1.165, 1.54) is 12.0 Å². The standard InChI is InChI=1S/C10H17N3/c1-8(2)13-7-9(6-12-13)10(11)4-3-5-10/h6-8H,3-5,11H2,1-2H3. The van der Waals surface area contributed by atoms with Crippen molar-refractivity contribution in [2.75, 3.05) is 0 Å². The smallest absolute Gasteiger partial charge is 0.0540 e. The quantitative estimate of drug-likeness (QED) is 0.752. The van der Waals surface area contributed by atoms with Gasteiger partial charge in [-0.2, -0.15) is 5.10 Å². The molecule has 0 spiro atoms. The lowest BCUT2D eigenvalue weighted by molar-refractivity contribution is 0.253. The first-order valence-electron chi connectivity index (χ1n) is 4.95. The summed E-state index contributed by atoms with van der Waals surface area (Å²) in [6.45, 7) is 4.25. The van der Waals surface area contributed by atoms with Gasteiger partial charge in [-0.25, -0.2) is 0 Å². The van der Waals surface area contributed by atoms with E-state index < -0.39 is 0 Å². The van der Waals surface area contributed by atoms with Gasteiger partial charge in [-0.3, -0.25) is 4.68 Å². The lowest BCUT2D eigenvalue weighted by Crippen LogP contribution is -2.42. The van der Waals surface area contributed by atoms with Crippen LogP contribution in [0.5, 0.6) is 0 Å². The van der Waals surface area contributed by atoms with Gasteiger partial charge in [0.25, 0.3) is 0 Å². The van der Waals surface area contributed by atoms with Crippen molar-refractivity contribution in [3.63, 3.8) is 0 Å². The molecule has 72 valence electrons. The predicted octanol–water partition coefficient (Wildman–Crippen LogP) is 1.80. The third-order valence-corrected chi connectivity index (χ3v) is 2.95. The minimum atomic E-state index is -0.0624. The Kier molecular flexibility index (Phi) is 1.91. The molecule has 1 heterocycles. The Morgan fingerprint density at radius 3 is 2.62 bits per heavy atom. The molecule has 1 aromatic heterocycles. The molecule has 3 heteroatoms. The predicted molar refractivity (Wildman–Crippen MR) is 52.3 cm³/mol. The van der Waals surface area contributed by atoms with E-state index in [9.17, 15) is 0 Å². The summed E-state index contributed by atoms with van der Waals surface area (Å²) in [5, 5.41) is 4.30. The molecule has 1 aliphatic rings.